The van der Waals surface area contributed by atoms with Crippen molar-refractivity contribution in [1.82, 2.24) is 9.97 Å². The molecule has 102 valence electrons. The first-order valence-electron chi connectivity index (χ1n) is 5.61. The molecule has 20 heavy (non-hydrogen) atoms. The van der Waals surface area contributed by atoms with Crippen LogP contribution >= 0.6 is 11.6 Å². The van der Waals surface area contributed by atoms with Crippen molar-refractivity contribution < 1.29 is 14.7 Å². The fourth-order valence-electron chi connectivity index (χ4n) is 1.54. The second-order valence-corrected chi connectivity index (χ2v) is 4.39. The second-order valence-electron chi connectivity index (χ2n) is 3.95. The molecule has 0 radical (unpaired) electrons. The Balaban J connectivity index is 2.19. The zero-order chi connectivity index (χ0) is 14.7. The molecule has 0 atom stereocenters. The Bertz CT molecular complexity index is 671. The summed E-state index contributed by atoms with van der Waals surface area (Å²) in [6.07, 6.45) is 1.41. The van der Waals surface area contributed by atoms with Gasteiger partial charge < -0.3 is 10.4 Å². The predicted molar refractivity (Wildman–Crippen MR) is 73.1 cm³/mol. The first-order valence-corrected chi connectivity index (χ1v) is 5.99. The maximum atomic E-state index is 11.9. The molecule has 0 spiro atoms. The van der Waals surface area contributed by atoms with E-state index in [4.69, 9.17) is 16.7 Å². The quantitative estimate of drug-likeness (QED) is 0.906. The number of hydrogen-bond donors (Lipinski definition) is 2. The van der Waals surface area contributed by atoms with E-state index in [-0.39, 0.29) is 17.0 Å². The molecule has 0 bridgehead atoms. The molecule has 0 saturated carbocycles. The van der Waals surface area contributed by atoms with E-state index >= 15 is 0 Å². The molecule has 7 heteroatoms. The van der Waals surface area contributed by atoms with E-state index < -0.39 is 11.9 Å². The van der Waals surface area contributed by atoms with Gasteiger partial charge in [0.2, 0.25) is 0 Å². The van der Waals surface area contributed by atoms with Crippen molar-refractivity contribution in [1.29, 1.82) is 0 Å². The van der Waals surface area contributed by atoms with Crippen LogP contribution in [0.5, 0.6) is 0 Å². The number of rotatable bonds is 3. The van der Waals surface area contributed by atoms with Gasteiger partial charge in [0.1, 0.15) is 11.5 Å². The zero-order valence-corrected chi connectivity index (χ0v) is 11.2. The summed E-state index contributed by atoms with van der Waals surface area (Å²) < 4.78 is 0. The van der Waals surface area contributed by atoms with E-state index in [1.54, 1.807) is 12.1 Å². The van der Waals surface area contributed by atoms with Crippen LogP contribution in [-0.4, -0.2) is 27.0 Å². The summed E-state index contributed by atoms with van der Waals surface area (Å²) >= 11 is 5.69. The van der Waals surface area contributed by atoms with Crippen LogP contribution in [0.25, 0.3) is 0 Å². The topological polar surface area (TPSA) is 92.2 Å². The smallest absolute Gasteiger partial charge is 0.337 e. The molecular weight excluding hydrogens is 282 g/mol. The lowest BCUT2D eigenvalue weighted by atomic mass is 10.2. The standard InChI is InChI=1S/C13H10ClN3O3/c1-7-9(13(19)20)3-4-10(16-7)12(18)17-11-5-2-8(14)6-15-11/h2-6H,1H3,(H,19,20)(H,15,17,18). The van der Waals surface area contributed by atoms with E-state index in [1.807, 2.05) is 0 Å². The van der Waals surface area contributed by atoms with Gasteiger partial charge in [-0.2, -0.15) is 0 Å². The Kier molecular flexibility index (Phi) is 3.95. The normalized spacial score (nSPS) is 10.1. The number of carboxylic acids is 1. The van der Waals surface area contributed by atoms with Crippen molar-refractivity contribution in [3.05, 3.63) is 52.4 Å². The number of carboxylic acid groups (broad SMARTS) is 1. The Morgan fingerprint density at radius 3 is 2.55 bits per heavy atom. The van der Waals surface area contributed by atoms with Gasteiger partial charge in [-0.15, -0.1) is 0 Å². The van der Waals surface area contributed by atoms with Gasteiger partial charge in [-0.25, -0.2) is 14.8 Å². The summed E-state index contributed by atoms with van der Waals surface area (Å²) in [5.41, 5.74) is 0.449. The third-order valence-electron chi connectivity index (χ3n) is 2.52. The van der Waals surface area contributed by atoms with Crippen LogP contribution in [-0.2, 0) is 0 Å². The molecule has 0 aliphatic heterocycles. The maximum absolute atomic E-state index is 11.9. The lowest BCUT2D eigenvalue weighted by Crippen LogP contribution is -2.16. The molecule has 0 unspecified atom stereocenters. The van der Waals surface area contributed by atoms with Crippen LogP contribution in [0.2, 0.25) is 5.02 Å². The van der Waals surface area contributed by atoms with Gasteiger partial charge in [-0.1, -0.05) is 11.6 Å². The number of nitrogens with zero attached hydrogens (tertiary/aromatic N) is 2. The van der Waals surface area contributed by atoms with Crippen molar-refractivity contribution in [2.45, 2.75) is 6.92 Å². The summed E-state index contributed by atoms with van der Waals surface area (Å²) in [5, 5.41) is 11.9. The molecule has 6 nitrogen and oxygen atoms in total. The predicted octanol–water partition coefficient (Wildman–Crippen LogP) is 2.39. The number of amides is 1. The minimum atomic E-state index is -1.08. The van der Waals surface area contributed by atoms with Crippen LogP contribution in [0.1, 0.15) is 26.5 Å². The van der Waals surface area contributed by atoms with Crippen LogP contribution in [0.4, 0.5) is 5.82 Å². The van der Waals surface area contributed by atoms with Gasteiger partial charge in [0.15, 0.2) is 0 Å². The summed E-state index contributed by atoms with van der Waals surface area (Å²) in [4.78, 5) is 30.7. The summed E-state index contributed by atoms with van der Waals surface area (Å²) in [6.45, 7) is 1.53. The number of aromatic carboxylic acids is 1. The van der Waals surface area contributed by atoms with Crippen LogP contribution in [0, 0.1) is 6.92 Å². The number of carbonyl (C=O) groups excluding carboxylic acids is 1. The van der Waals surface area contributed by atoms with Crippen LogP contribution in [0.15, 0.2) is 30.5 Å². The lowest BCUT2D eigenvalue weighted by molar-refractivity contribution is 0.0695. The summed E-state index contributed by atoms with van der Waals surface area (Å²) in [5.74, 6) is -1.22. The number of halogens is 1. The van der Waals surface area contributed by atoms with Crippen molar-refractivity contribution in [3.63, 3.8) is 0 Å². The SMILES string of the molecule is Cc1nc(C(=O)Nc2ccc(Cl)cn2)ccc1C(=O)O. The highest BCUT2D eigenvalue weighted by Crippen LogP contribution is 2.12. The van der Waals surface area contributed by atoms with Crippen molar-refractivity contribution in [2.75, 3.05) is 5.32 Å². The van der Waals surface area contributed by atoms with Crippen molar-refractivity contribution >= 4 is 29.3 Å². The molecule has 0 aliphatic carbocycles. The number of pyridine rings is 2. The van der Waals surface area contributed by atoms with Gasteiger partial charge in [-0.3, -0.25) is 4.79 Å². The molecule has 2 aromatic heterocycles. The van der Waals surface area contributed by atoms with E-state index in [0.29, 0.717) is 10.8 Å². The second kappa shape index (κ2) is 5.66. The third-order valence-corrected chi connectivity index (χ3v) is 2.74. The van der Waals surface area contributed by atoms with E-state index in [9.17, 15) is 9.59 Å². The Morgan fingerprint density at radius 2 is 2.00 bits per heavy atom. The minimum Gasteiger partial charge on any atom is -0.478 e. The molecule has 2 N–H and O–H groups in total. The van der Waals surface area contributed by atoms with Crippen LogP contribution < -0.4 is 5.32 Å². The average Bonchev–Trinajstić information content (AvgIpc) is 2.40. The molecule has 2 rings (SSSR count). The van der Waals surface area contributed by atoms with Gasteiger partial charge in [-0.05, 0) is 31.2 Å². The molecule has 1 amide bonds. The largest absolute Gasteiger partial charge is 0.478 e. The molecular formula is C13H10ClN3O3. The average molecular weight is 292 g/mol. The molecule has 2 aromatic rings. The number of hydrogen-bond acceptors (Lipinski definition) is 4. The molecule has 0 saturated heterocycles. The van der Waals surface area contributed by atoms with Gasteiger partial charge in [0, 0.05) is 6.20 Å². The fraction of sp³-hybridized carbons (Fsp3) is 0.0769. The number of nitrogens with one attached hydrogen (secondary N) is 1. The first-order chi connectivity index (χ1) is 9.47. The van der Waals surface area contributed by atoms with E-state index in [0.717, 1.165) is 0 Å². The molecule has 0 fully saturated rings. The fourth-order valence-corrected chi connectivity index (χ4v) is 1.66. The highest BCUT2D eigenvalue weighted by atomic mass is 35.5. The number of aryl methyl sites for hydroxylation is 1. The van der Waals surface area contributed by atoms with E-state index in [1.165, 1.54) is 25.3 Å². The molecule has 0 aromatic carbocycles. The van der Waals surface area contributed by atoms with Gasteiger partial charge in [0.25, 0.3) is 5.91 Å². The third kappa shape index (κ3) is 3.10. The van der Waals surface area contributed by atoms with Crippen molar-refractivity contribution in [3.8, 4) is 0 Å². The monoisotopic (exact) mass is 291 g/mol. The first kappa shape index (κ1) is 14.0. The number of aromatic nitrogens is 2. The van der Waals surface area contributed by atoms with E-state index in [2.05, 4.69) is 15.3 Å². The lowest BCUT2D eigenvalue weighted by Gasteiger charge is -2.06. The Hall–Kier alpha value is -2.47. The molecule has 2 heterocycles. The minimum absolute atomic E-state index is 0.0613. The Morgan fingerprint density at radius 1 is 1.25 bits per heavy atom. The number of anilines is 1. The Labute approximate surface area is 119 Å². The zero-order valence-electron chi connectivity index (χ0n) is 10.4. The summed E-state index contributed by atoms with van der Waals surface area (Å²) in [7, 11) is 0. The highest BCUT2D eigenvalue weighted by molar-refractivity contribution is 6.30. The van der Waals surface area contributed by atoms with Gasteiger partial charge in [0.05, 0.1) is 16.3 Å². The van der Waals surface area contributed by atoms with Crippen LogP contribution in [0.3, 0.4) is 0 Å². The van der Waals surface area contributed by atoms with Gasteiger partial charge >= 0.3 is 5.97 Å². The molecule has 0 aliphatic rings. The summed E-state index contributed by atoms with van der Waals surface area (Å²) in [6, 6.07) is 5.84. The highest BCUT2D eigenvalue weighted by Gasteiger charge is 2.13. The number of carbonyl (C=O) groups is 2. The van der Waals surface area contributed by atoms with Crippen molar-refractivity contribution in [2.24, 2.45) is 0 Å². The maximum Gasteiger partial charge on any atom is 0.337 e.